The summed E-state index contributed by atoms with van der Waals surface area (Å²) in [6.45, 7) is 1.48. The van der Waals surface area contributed by atoms with Crippen LogP contribution in [0.5, 0.6) is 0 Å². The molecule has 0 spiro atoms. The van der Waals surface area contributed by atoms with Crippen molar-refractivity contribution in [3.63, 3.8) is 0 Å². The Kier molecular flexibility index (Phi) is 4.32. The molecule has 0 heterocycles. The second-order valence-electron chi connectivity index (χ2n) is 3.35. The second kappa shape index (κ2) is 5.75. The van der Waals surface area contributed by atoms with Crippen molar-refractivity contribution in [2.75, 3.05) is 11.9 Å². The average molecular weight is 222 g/mol. The molecule has 0 saturated carbocycles. The Bertz CT molecular complexity index is 365. The van der Waals surface area contributed by atoms with Crippen molar-refractivity contribution in [3.8, 4) is 0 Å². The molecule has 5 heteroatoms. The van der Waals surface area contributed by atoms with Gasteiger partial charge in [0.05, 0.1) is 6.54 Å². The van der Waals surface area contributed by atoms with E-state index in [1.165, 1.54) is 6.92 Å². The van der Waals surface area contributed by atoms with E-state index in [0.29, 0.717) is 0 Å². The average Bonchev–Trinajstić information content (AvgIpc) is 2.27. The van der Waals surface area contributed by atoms with Crippen LogP contribution in [0.15, 0.2) is 30.3 Å². The molecule has 0 aromatic heterocycles. The van der Waals surface area contributed by atoms with E-state index in [-0.39, 0.29) is 12.5 Å². The Hall–Kier alpha value is -2.04. The Morgan fingerprint density at radius 1 is 1.31 bits per heavy atom. The fourth-order valence-corrected chi connectivity index (χ4v) is 1.09. The summed E-state index contributed by atoms with van der Waals surface area (Å²) in [6.07, 6.45) is 0. The Balaban J connectivity index is 2.33. The highest BCUT2D eigenvalue weighted by Crippen LogP contribution is 2.03. The lowest BCUT2D eigenvalue weighted by Gasteiger charge is -2.10. The van der Waals surface area contributed by atoms with E-state index in [1.54, 1.807) is 0 Å². The van der Waals surface area contributed by atoms with Crippen LogP contribution >= 0.6 is 0 Å². The summed E-state index contributed by atoms with van der Waals surface area (Å²) in [7, 11) is 0. The van der Waals surface area contributed by atoms with Crippen molar-refractivity contribution in [2.45, 2.75) is 13.0 Å². The van der Waals surface area contributed by atoms with Gasteiger partial charge in [-0.1, -0.05) is 18.2 Å². The number of anilines is 1. The number of carboxylic acids is 1. The predicted molar refractivity (Wildman–Crippen MR) is 60.2 cm³/mol. The molecule has 5 nitrogen and oxygen atoms in total. The van der Waals surface area contributed by atoms with E-state index in [9.17, 15) is 9.59 Å². The number of carbonyl (C=O) groups is 2. The molecular formula is C11H14N2O3. The molecule has 1 aromatic rings. The summed E-state index contributed by atoms with van der Waals surface area (Å²) in [5.41, 5.74) is 0.820. The summed E-state index contributed by atoms with van der Waals surface area (Å²) in [5.74, 6) is -1.40. The molecule has 1 rings (SSSR count). The van der Waals surface area contributed by atoms with Gasteiger partial charge in [0.2, 0.25) is 5.91 Å². The minimum atomic E-state index is -1.05. The molecule has 0 aliphatic carbocycles. The SMILES string of the molecule is CC(NC(=O)CNc1ccccc1)C(=O)O. The highest BCUT2D eigenvalue weighted by Gasteiger charge is 2.13. The van der Waals surface area contributed by atoms with Crippen LogP contribution in [0.1, 0.15) is 6.92 Å². The molecule has 0 radical (unpaired) electrons. The standard InChI is InChI=1S/C11H14N2O3/c1-8(11(15)16)13-10(14)7-12-9-5-3-2-4-6-9/h2-6,8,12H,7H2,1H3,(H,13,14)(H,15,16). The van der Waals surface area contributed by atoms with Gasteiger partial charge in [-0.3, -0.25) is 9.59 Å². The number of para-hydroxylation sites is 1. The first-order chi connectivity index (χ1) is 7.59. The third-order valence-electron chi connectivity index (χ3n) is 1.97. The van der Waals surface area contributed by atoms with E-state index in [0.717, 1.165) is 5.69 Å². The molecule has 0 aliphatic rings. The van der Waals surface area contributed by atoms with Crippen LogP contribution in [0, 0.1) is 0 Å². The van der Waals surface area contributed by atoms with Crippen LogP contribution in [0.4, 0.5) is 5.69 Å². The number of carboxylic acid groups (broad SMARTS) is 1. The lowest BCUT2D eigenvalue weighted by molar-refractivity contribution is -0.141. The van der Waals surface area contributed by atoms with Crippen molar-refractivity contribution in [1.82, 2.24) is 5.32 Å². The van der Waals surface area contributed by atoms with Crippen LogP contribution in [-0.2, 0) is 9.59 Å². The van der Waals surface area contributed by atoms with Crippen LogP contribution in [0.3, 0.4) is 0 Å². The molecular weight excluding hydrogens is 208 g/mol. The van der Waals surface area contributed by atoms with E-state index >= 15 is 0 Å². The van der Waals surface area contributed by atoms with Crippen molar-refractivity contribution < 1.29 is 14.7 Å². The highest BCUT2D eigenvalue weighted by molar-refractivity contribution is 5.85. The topological polar surface area (TPSA) is 78.4 Å². The van der Waals surface area contributed by atoms with Gasteiger partial charge in [-0.25, -0.2) is 0 Å². The number of hydrogen-bond donors (Lipinski definition) is 3. The summed E-state index contributed by atoms with van der Waals surface area (Å²) < 4.78 is 0. The molecule has 0 saturated heterocycles. The van der Waals surface area contributed by atoms with Crippen LogP contribution in [0.25, 0.3) is 0 Å². The van der Waals surface area contributed by atoms with Gasteiger partial charge in [0.15, 0.2) is 0 Å². The maximum absolute atomic E-state index is 11.3. The Morgan fingerprint density at radius 3 is 2.50 bits per heavy atom. The minimum absolute atomic E-state index is 0.0572. The molecule has 3 N–H and O–H groups in total. The number of amides is 1. The quantitative estimate of drug-likeness (QED) is 0.684. The third kappa shape index (κ3) is 4.00. The van der Waals surface area contributed by atoms with Crippen LogP contribution in [0.2, 0.25) is 0 Å². The van der Waals surface area contributed by atoms with Crippen LogP contribution < -0.4 is 10.6 Å². The number of carbonyl (C=O) groups excluding carboxylic acids is 1. The lowest BCUT2D eigenvalue weighted by atomic mass is 10.3. The fourth-order valence-electron chi connectivity index (χ4n) is 1.09. The van der Waals surface area contributed by atoms with E-state index < -0.39 is 12.0 Å². The van der Waals surface area contributed by atoms with Crippen molar-refractivity contribution >= 4 is 17.6 Å². The largest absolute Gasteiger partial charge is 0.480 e. The number of hydrogen-bond acceptors (Lipinski definition) is 3. The zero-order valence-corrected chi connectivity index (χ0v) is 8.93. The second-order valence-corrected chi connectivity index (χ2v) is 3.35. The molecule has 16 heavy (non-hydrogen) atoms. The van der Waals surface area contributed by atoms with Gasteiger partial charge in [0.1, 0.15) is 6.04 Å². The summed E-state index contributed by atoms with van der Waals surface area (Å²) in [6, 6.07) is 8.35. The zero-order chi connectivity index (χ0) is 12.0. The number of aliphatic carboxylic acids is 1. The van der Waals surface area contributed by atoms with E-state index in [4.69, 9.17) is 5.11 Å². The maximum atomic E-state index is 11.3. The van der Waals surface area contributed by atoms with Crippen molar-refractivity contribution in [1.29, 1.82) is 0 Å². The molecule has 0 fully saturated rings. The van der Waals surface area contributed by atoms with Gasteiger partial charge in [-0.2, -0.15) is 0 Å². The van der Waals surface area contributed by atoms with E-state index in [2.05, 4.69) is 10.6 Å². The van der Waals surface area contributed by atoms with Gasteiger partial charge < -0.3 is 15.7 Å². The third-order valence-corrected chi connectivity index (χ3v) is 1.97. The van der Waals surface area contributed by atoms with Crippen molar-refractivity contribution in [3.05, 3.63) is 30.3 Å². The maximum Gasteiger partial charge on any atom is 0.325 e. The van der Waals surface area contributed by atoms with Gasteiger partial charge >= 0.3 is 5.97 Å². The minimum Gasteiger partial charge on any atom is -0.480 e. The van der Waals surface area contributed by atoms with E-state index in [1.807, 2.05) is 30.3 Å². The van der Waals surface area contributed by atoms with Gasteiger partial charge in [-0.15, -0.1) is 0 Å². The highest BCUT2D eigenvalue weighted by atomic mass is 16.4. The summed E-state index contributed by atoms with van der Waals surface area (Å²) in [4.78, 5) is 21.8. The zero-order valence-electron chi connectivity index (χ0n) is 8.93. The van der Waals surface area contributed by atoms with Gasteiger partial charge in [0.25, 0.3) is 0 Å². The summed E-state index contributed by atoms with van der Waals surface area (Å²) >= 11 is 0. The predicted octanol–water partition coefficient (Wildman–Crippen LogP) is 0.688. The molecule has 86 valence electrons. The van der Waals surface area contributed by atoms with Gasteiger partial charge in [0, 0.05) is 5.69 Å². The smallest absolute Gasteiger partial charge is 0.325 e. The van der Waals surface area contributed by atoms with Gasteiger partial charge in [-0.05, 0) is 19.1 Å². The summed E-state index contributed by atoms with van der Waals surface area (Å²) in [5, 5.41) is 13.8. The molecule has 1 unspecified atom stereocenters. The molecule has 1 atom stereocenters. The first-order valence-electron chi connectivity index (χ1n) is 4.90. The molecule has 1 aromatic carbocycles. The molecule has 0 aliphatic heterocycles. The Labute approximate surface area is 93.5 Å². The normalized spacial score (nSPS) is 11.6. The fraction of sp³-hybridized carbons (Fsp3) is 0.273. The monoisotopic (exact) mass is 222 g/mol. The van der Waals surface area contributed by atoms with Crippen LogP contribution in [-0.4, -0.2) is 29.6 Å². The first-order valence-corrected chi connectivity index (χ1v) is 4.90. The number of rotatable bonds is 5. The number of nitrogens with one attached hydrogen (secondary N) is 2. The van der Waals surface area contributed by atoms with Crippen molar-refractivity contribution in [2.24, 2.45) is 0 Å². The Morgan fingerprint density at radius 2 is 1.94 bits per heavy atom. The molecule has 1 amide bonds. The first kappa shape index (κ1) is 12.0. The lowest BCUT2D eigenvalue weighted by Crippen LogP contribution is -2.41. The number of benzene rings is 1. The molecule has 0 bridgehead atoms.